The van der Waals surface area contributed by atoms with Gasteiger partial charge in [0.25, 0.3) is 0 Å². The van der Waals surface area contributed by atoms with Gasteiger partial charge in [-0.15, -0.1) is 0 Å². The molecule has 2 aromatic carbocycles. The van der Waals surface area contributed by atoms with Crippen LogP contribution in [0.5, 0.6) is 0 Å². The van der Waals surface area contributed by atoms with E-state index >= 15 is 4.39 Å². The van der Waals surface area contributed by atoms with Crippen LogP contribution in [0.2, 0.25) is 0 Å². The Morgan fingerprint density at radius 3 is 2.28 bits per heavy atom. The number of hydrogen-bond donors (Lipinski definition) is 2. The first-order valence-corrected chi connectivity index (χ1v) is 11.5. The Bertz CT molecular complexity index is 1670. The molecule has 3 aromatic heterocycles. The number of rotatable bonds is 6. The number of nitrogens with one attached hydrogen (secondary N) is 1. The van der Waals surface area contributed by atoms with Gasteiger partial charge in [0, 0.05) is 42.3 Å². The number of hydrogen-bond acceptors (Lipinski definition) is 5. The summed E-state index contributed by atoms with van der Waals surface area (Å²) in [6.45, 7) is 0. The number of nitrogens with zero attached hydrogens (tertiary/aromatic N) is 4. The SMILES string of the molecule is Cn1ccc(-c2cc(Nc3cc(-c4ccc(C(=O)O)cn4)cnc3-c3ccccc3)c(F)cc2C(F)(F)F)n1. The zero-order valence-electron chi connectivity index (χ0n) is 20.2. The fourth-order valence-electron chi connectivity index (χ4n) is 4.04. The lowest BCUT2D eigenvalue weighted by Crippen LogP contribution is -2.10. The second-order valence-electron chi connectivity index (χ2n) is 8.60. The highest BCUT2D eigenvalue weighted by Gasteiger charge is 2.35. The van der Waals surface area contributed by atoms with Crippen molar-refractivity contribution in [3.63, 3.8) is 0 Å². The number of aryl methyl sites for hydroxylation is 1. The molecule has 0 spiro atoms. The molecule has 0 saturated heterocycles. The summed E-state index contributed by atoms with van der Waals surface area (Å²) in [4.78, 5) is 19.9. The third kappa shape index (κ3) is 5.33. The van der Waals surface area contributed by atoms with E-state index in [1.54, 1.807) is 37.4 Å². The van der Waals surface area contributed by atoms with Gasteiger partial charge in [-0.3, -0.25) is 14.6 Å². The molecular formula is C28H19F4N5O2. The average Bonchev–Trinajstić information content (AvgIpc) is 3.35. The van der Waals surface area contributed by atoms with E-state index in [1.165, 1.54) is 41.5 Å². The smallest absolute Gasteiger partial charge is 0.417 e. The maximum atomic E-state index is 15.2. The number of pyridine rings is 2. The minimum Gasteiger partial charge on any atom is -0.478 e. The molecule has 0 unspecified atom stereocenters. The molecule has 0 amide bonds. The number of aromatic carboxylic acids is 1. The third-order valence-electron chi connectivity index (χ3n) is 5.91. The van der Waals surface area contributed by atoms with Crippen LogP contribution in [-0.4, -0.2) is 30.8 Å². The van der Waals surface area contributed by atoms with Crippen molar-refractivity contribution in [2.75, 3.05) is 5.32 Å². The molecule has 11 heteroatoms. The van der Waals surface area contributed by atoms with Crippen molar-refractivity contribution in [1.82, 2.24) is 19.7 Å². The van der Waals surface area contributed by atoms with Crippen molar-refractivity contribution in [1.29, 1.82) is 0 Å². The molecule has 7 nitrogen and oxygen atoms in total. The van der Waals surface area contributed by atoms with Crippen LogP contribution in [0, 0.1) is 5.82 Å². The molecule has 3 heterocycles. The van der Waals surface area contributed by atoms with Gasteiger partial charge in [-0.05, 0) is 36.4 Å². The lowest BCUT2D eigenvalue weighted by atomic mass is 10.0. The topological polar surface area (TPSA) is 92.9 Å². The van der Waals surface area contributed by atoms with Gasteiger partial charge in [-0.1, -0.05) is 30.3 Å². The number of aromatic nitrogens is 4. The Labute approximate surface area is 219 Å². The highest BCUT2D eigenvalue weighted by Crippen LogP contribution is 2.40. The van der Waals surface area contributed by atoms with Gasteiger partial charge in [0.2, 0.25) is 0 Å². The van der Waals surface area contributed by atoms with E-state index in [2.05, 4.69) is 20.4 Å². The lowest BCUT2D eigenvalue weighted by molar-refractivity contribution is -0.137. The van der Waals surface area contributed by atoms with E-state index in [0.717, 1.165) is 6.07 Å². The van der Waals surface area contributed by atoms with Gasteiger partial charge in [0.15, 0.2) is 0 Å². The third-order valence-corrected chi connectivity index (χ3v) is 5.91. The first-order valence-electron chi connectivity index (χ1n) is 11.5. The maximum Gasteiger partial charge on any atom is 0.417 e. The molecule has 0 radical (unpaired) electrons. The van der Waals surface area contributed by atoms with Crippen molar-refractivity contribution < 1.29 is 27.5 Å². The van der Waals surface area contributed by atoms with E-state index in [1.807, 2.05) is 6.07 Å². The Balaban J connectivity index is 1.64. The summed E-state index contributed by atoms with van der Waals surface area (Å²) in [5, 5.41) is 16.1. The van der Waals surface area contributed by atoms with Crippen LogP contribution < -0.4 is 5.32 Å². The fourth-order valence-corrected chi connectivity index (χ4v) is 4.04. The molecule has 0 atom stereocenters. The minimum absolute atomic E-state index is 0.000148. The highest BCUT2D eigenvalue weighted by molar-refractivity contribution is 5.88. The molecule has 0 saturated carbocycles. The molecule has 5 rings (SSSR count). The van der Waals surface area contributed by atoms with Crippen LogP contribution in [0.4, 0.5) is 28.9 Å². The summed E-state index contributed by atoms with van der Waals surface area (Å²) in [5.41, 5.74) is 0.653. The Kier molecular flexibility index (Phi) is 6.57. The summed E-state index contributed by atoms with van der Waals surface area (Å²) in [6, 6.07) is 16.4. The average molecular weight is 533 g/mol. The van der Waals surface area contributed by atoms with Crippen LogP contribution in [-0.2, 0) is 13.2 Å². The van der Waals surface area contributed by atoms with Gasteiger partial charge >= 0.3 is 12.1 Å². The molecule has 196 valence electrons. The van der Waals surface area contributed by atoms with Crippen LogP contribution >= 0.6 is 0 Å². The number of halogens is 4. The van der Waals surface area contributed by atoms with Crippen molar-refractivity contribution >= 4 is 17.3 Å². The molecule has 2 N–H and O–H groups in total. The monoisotopic (exact) mass is 533 g/mol. The number of carboxylic acids is 1. The predicted molar refractivity (Wildman–Crippen MR) is 137 cm³/mol. The normalized spacial score (nSPS) is 11.4. The van der Waals surface area contributed by atoms with Gasteiger partial charge in [0.1, 0.15) is 5.82 Å². The predicted octanol–water partition coefficient (Wildman–Crippen LogP) is 6.81. The van der Waals surface area contributed by atoms with Crippen molar-refractivity contribution in [2.45, 2.75) is 6.18 Å². The van der Waals surface area contributed by atoms with E-state index < -0.39 is 23.5 Å². The molecule has 0 aliphatic carbocycles. The van der Waals surface area contributed by atoms with Crippen molar-refractivity contribution in [3.05, 3.63) is 102 Å². The Hall–Kier alpha value is -5.06. The second-order valence-corrected chi connectivity index (χ2v) is 8.60. The summed E-state index contributed by atoms with van der Waals surface area (Å²) < 4.78 is 58.0. The van der Waals surface area contributed by atoms with E-state index in [0.29, 0.717) is 34.3 Å². The summed E-state index contributed by atoms with van der Waals surface area (Å²) in [5.74, 6) is -2.24. The standard InChI is InChI=1S/C28H19F4N5O2/c1-37-10-9-23(36-37)19-12-24(21(29)13-20(19)28(30,31)32)35-25-11-18(22-8-7-17(14-33-22)27(38)39)15-34-26(25)16-5-3-2-4-6-16/h2-15,35H,1H3,(H,38,39). The quantitative estimate of drug-likeness (QED) is 0.233. The van der Waals surface area contributed by atoms with E-state index in [9.17, 15) is 18.0 Å². The van der Waals surface area contributed by atoms with Gasteiger partial charge in [-0.2, -0.15) is 18.3 Å². The maximum absolute atomic E-state index is 15.2. The second kappa shape index (κ2) is 10.0. The first kappa shape index (κ1) is 25.6. The molecule has 0 bridgehead atoms. The lowest BCUT2D eigenvalue weighted by Gasteiger charge is -2.17. The Morgan fingerprint density at radius 2 is 1.67 bits per heavy atom. The minimum atomic E-state index is -4.81. The summed E-state index contributed by atoms with van der Waals surface area (Å²) in [7, 11) is 1.57. The molecule has 39 heavy (non-hydrogen) atoms. The number of benzene rings is 2. The summed E-state index contributed by atoms with van der Waals surface area (Å²) >= 11 is 0. The van der Waals surface area contributed by atoms with Crippen LogP contribution in [0.25, 0.3) is 33.8 Å². The molecule has 0 aliphatic rings. The van der Waals surface area contributed by atoms with Crippen molar-refractivity contribution in [3.8, 4) is 33.8 Å². The Morgan fingerprint density at radius 1 is 0.897 bits per heavy atom. The molecular weight excluding hydrogens is 514 g/mol. The largest absolute Gasteiger partial charge is 0.478 e. The van der Waals surface area contributed by atoms with Gasteiger partial charge in [0.05, 0.1) is 39.6 Å². The highest BCUT2D eigenvalue weighted by atomic mass is 19.4. The van der Waals surface area contributed by atoms with E-state index in [-0.39, 0.29) is 22.5 Å². The molecule has 5 aromatic rings. The summed E-state index contributed by atoms with van der Waals surface area (Å²) in [6.07, 6.45) is -0.588. The molecule has 0 fully saturated rings. The van der Waals surface area contributed by atoms with Crippen LogP contribution in [0.3, 0.4) is 0 Å². The first-order chi connectivity index (χ1) is 18.6. The zero-order valence-corrected chi connectivity index (χ0v) is 20.2. The van der Waals surface area contributed by atoms with Crippen molar-refractivity contribution in [2.24, 2.45) is 7.05 Å². The van der Waals surface area contributed by atoms with Crippen LogP contribution in [0.1, 0.15) is 15.9 Å². The zero-order chi connectivity index (χ0) is 27.7. The molecule has 0 aliphatic heterocycles. The number of anilines is 2. The van der Waals surface area contributed by atoms with Gasteiger partial charge < -0.3 is 10.4 Å². The van der Waals surface area contributed by atoms with E-state index in [4.69, 9.17) is 5.11 Å². The van der Waals surface area contributed by atoms with Crippen LogP contribution in [0.15, 0.2) is 85.3 Å². The number of carbonyl (C=O) groups is 1. The fraction of sp³-hybridized carbons (Fsp3) is 0.0714. The number of alkyl halides is 3. The number of carboxylic acid groups (broad SMARTS) is 1. The van der Waals surface area contributed by atoms with Gasteiger partial charge in [-0.25, -0.2) is 9.18 Å².